The first-order chi connectivity index (χ1) is 12.3. The van der Waals surface area contributed by atoms with Crippen LogP contribution in [-0.2, 0) is 13.1 Å². The zero-order valence-electron chi connectivity index (χ0n) is 13.9. The first-order valence-corrected chi connectivity index (χ1v) is 8.50. The number of nitrogens with zero attached hydrogens (tertiary/aromatic N) is 3. The third kappa shape index (κ3) is 2.85. The molecule has 6 nitrogen and oxygen atoms in total. The maximum Gasteiger partial charge on any atom is 0.326 e. The number of unbranched alkanes of at least 4 members (excludes halogenated alkanes) is 1. The van der Waals surface area contributed by atoms with Gasteiger partial charge < -0.3 is 14.7 Å². The van der Waals surface area contributed by atoms with Crippen LogP contribution in [0.15, 0.2) is 53.3 Å². The number of hydrogen-bond donors (Lipinski definition) is 2. The van der Waals surface area contributed by atoms with Gasteiger partial charge in [-0.2, -0.15) is 0 Å². The molecular formula is C19H20N4O2. The van der Waals surface area contributed by atoms with Gasteiger partial charge in [-0.05, 0) is 37.1 Å². The lowest BCUT2D eigenvalue weighted by molar-refractivity contribution is 0.281. The number of hydrogen-bond acceptors (Lipinski definition) is 3. The van der Waals surface area contributed by atoms with Gasteiger partial charge in [-0.15, -0.1) is 0 Å². The van der Waals surface area contributed by atoms with E-state index in [0.29, 0.717) is 6.54 Å². The molecule has 6 heteroatoms. The van der Waals surface area contributed by atoms with Crippen molar-refractivity contribution in [1.29, 1.82) is 0 Å². The van der Waals surface area contributed by atoms with Crippen LogP contribution in [0.2, 0.25) is 0 Å². The van der Waals surface area contributed by atoms with Gasteiger partial charge in [-0.3, -0.25) is 4.57 Å². The van der Waals surface area contributed by atoms with Crippen molar-refractivity contribution in [3.63, 3.8) is 0 Å². The number of aliphatic hydroxyl groups is 1. The lowest BCUT2D eigenvalue weighted by Gasteiger charge is -2.09. The SMILES string of the molecule is O=c1[nH]c2ccccc2n1Cc1nc2ccccc2n1CCCCO. The summed E-state index contributed by atoms with van der Waals surface area (Å²) in [5, 5.41) is 9.07. The van der Waals surface area contributed by atoms with Crippen molar-refractivity contribution >= 4 is 22.1 Å². The number of aryl methyl sites for hydroxylation is 1. The average Bonchev–Trinajstić information content (AvgIpc) is 3.13. The molecule has 2 aromatic heterocycles. The summed E-state index contributed by atoms with van der Waals surface area (Å²) < 4.78 is 3.87. The smallest absolute Gasteiger partial charge is 0.326 e. The third-order valence-corrected chi connectivity index (χ3v) is 4.50. The molecule has 4 rings (SSSR count). The van der Waals surface area contributed by atoms with Crippen molar-refractivity contribution in [2.24, 2.45) is 0 Å². The lowest BCUT2D eigenvalue weighted by atomic mass is 10.3. The fraction of sp³-hybridized carbons (Fsp3) is 0.263. The van der Waals surface area contributed by atoms with Crippen LogP contribution in [-0.4, -0.2) is 30.8 Å². The van der Waals surface area contributed by atoms with E-state index in [1.807, 2.05) is 48.5 Å². The van der Waals surface area contributed by atoms with Gasteiger partial charge in [-0.25, -0.2) is 9.78 Å². The Morgan fingerprint density at radius 2 is 1.72 bits per heavy atom. The highest BCUT2D eigenvalue weighted by atomic mass is 16.2. The number of benzene rings is 2. The number of imidazole rings is 2. The molecule has 0 spiro atoms. The number of fused-ring (bicyclic) bond motifs is 2. The highest BCUT2D eigenvalue weighted by Crippen LogP contribution is 2.19. The molecule has 0 radical (unpaired) electrons. The minimum absolute atomic E-state index is 0.129. The highest BCUT2D eigenvalue weighted by Gasteiger charge is 2.13. The van der Waals surface area contributed by atoms with Crippen molar-refractivity contribution in [1.82, 2.24) is 19.1 Å². The normalized spacial score (nSPS) is 11.6. The Kier molecular flexibility index (Phi) is 4.11. The van der Waals surface area contributed by atoms with Crippen molar-refractivity contribution in [3.8, 4) is 0 Å². The first kappa shape index (κ1) is 15.7. The summed E-state index contributed by atoms with van der Waals surface area (Å²) in [5.41, 5.74) is 3.56. The third-order valence-electron chi connectivity index (χ3n) is 4.50. The molecule has 2 heterocycles. The van der Waals surface area contributed by atoms with Gasteiger partial charge in [0.25, 0.3) is 0 Å². The maximum absolute atomic E-state index is 12.4. The largest absolute Gasteiger partial charge is 0.396 e. The van der Waals surface area contributed by atoms with Gasteiger partial charge in [0.15, 0.2) is 0 Å². The van der Waals surface area contributed by atoms with Gasteiger partial charge in [-0.1, -0.05) is 24.3 Å². The molecule has 25 heavy (non-hydrogen) atoms. The van der Waals surface area contributed by atoms with E-state index in [0.717, 1.165) is 47.3 Å². The van der Waals surface area contributed by atoms with Crippen LogP contribution >= 0.6 is 0 Å². The standard InChI is InChI=1S/C19H20N4O2/c24-12-6-5-11-22-16-9-3-1-7-14(16)20-18(22)13-23-17-10-4-2-8-15(17)21-19(23)25/h1-4,7-10,24H,5-6,11-13H2,(H,21,25). The summed E-state index contributed by atoms with van der Waals surface area (Å²) in [4.78, 5) is 20.0. The summed E-state index contributed by atoms with van der Waals surface area (Å²) in [6, 6.07) is 15.7. The van der Waals surface area contributed by atoms with Crippen LogP contribution < -0.4 is 5.69 Å². The van der Waals surface area contributed by atoms with E-state index >= 15 is 0 Å². The molecular weight excluding hydrogens is 316 g/mol. The Hall–Kier alpha value is -2.86. The molecule has 0 atom stereocenters. The number of aromatic amines is 1. The minimum atomic E-state index is -0.129. The van der Waals surface area contributed by atoms with Crippen molar-refractivity contribution in [2.45, 2.75) is 25.9 Å². The van der Waals surface area contributed by atoms with Crippen LogP contribution in [0, 0.1) is 0 Å². The fourth-order valence-corrected chi connectivity index (χ4v) is 3.28. The molecule has 0 unspecified atom stereocenters. The second kappa shape index (κ2) is 6.57. The van der Waals surface area contributed by atoms with Crippen LogP contribution in [0.4, 0.5) is 0 Å². The van der Waals surface area contributed by atoms with E-state index in [1.54, 1.807) is 4.57 Å². The molecule has 0 bridgehead atoms. The average molecular weight is 336 g/mol. The second-order valence-electron chi connectivity index (χ2n) is 6.13. The van der Waals surface area contributed by atoms with E-state index in [1.165, 1.54) is 0 Å². The Morgan fingerprint density at radius 3 is 2.56 bits per heavy atom. The fourth-order valence-electron chi connectivity index (χ4n) is 3.28. The Balaban J connectivity index is 1.79. The predicted octanol–water partition coefficient (Wildman–Crippen LogP) is 2.50. The second-order valence-corrected chi connectivity index (χ2v) is 6.13. The van der Waals surface area contributed by atoms with Crippen molar-refractivity contribution in [3.05, 3.63) is 64.8 Å². The molecule has 0 aliphatic heterocycles. The molecule has 0 aliphatic carbocycles. The van der Waals surface area contributed by atoms with Crippen LogP contribution in [0.5, 0.6) is 0 Å². The summed E-state index contributed by atoms with van der Waals surface area (Å²) in [5.74, 6) is 0.853. The number of nitrogens with one attached hydrogen (secondary N) is 1. The monoisotopic (exact) mass is 336 g/mol. The van der Waals surface area contributed by atoms with Crippen molar-refractivity contribution in [2.75, 3.05) is 6.61 Å². The number of para-hydroxylation sites is 4. The van der Waals surface area contributed by atoms with E-state index < -0.39 is 0 Å². The molecule has 0 saturated heterocycles. The summed E-state index contributed by atoms with van der Waals surface area (Å²) >= 11 is 0. The minimum Gasteiger partial charge on any atom is -0.396 e. The Labute approximate surface area is 144 Å². The molecule has 0 amide bonds. The van der Waals surface area contributed by atoms with E-state index in [-0.39, 0.29) is 12.3 Å². The number of rotatable bonds is 6. The molecule has 2 aromatic carbocycles. The van der Waals surface area contributed by atoms with E-state index in [2.05, 4.69) is 9.55 Å². The quantitative estimate of drug-likeness (QED) is 0.531. The van der Waals surface area contributed by atoms with Gasteiger partial charge in [0, 0.05) is 13.2 Å². The molecule has 128 valence electrons. The number of H-pyrrole nitrogens is 1. The summed E-state index contributed by atoms with van der Waals surface area (Å²) in [6.45, 7) is 1.37. The highest BCUT2D eigenvalue weighted by molar-refractivity contribution is 5.77. The summed E-state index contributed by atoms with van der Waals surface area (Å²) in [6.07, 6.45) is 1.62. The topological polar surface area (TPSA) is 75.8 Å². The van der Waals surface area contributed by atoms with Gasteiger partial charge >= 0.3 is 5.69 Å². The first-order valence-electron chi connectivity index (χ1n) is 8.50. The Morgan fingerprint density at radius 1 is 0.960 bits per heavy atom. The van der Waals surface area contributed by atoms with Crippen LogP contribution in [0.1, 0.15) is 18.7 Å². The van der Waals surface area contributed by atoms with Gasteiger partial charge in [0.2, 0.25) is 0 Å². The molecule has 0 saturated carbocycles. The molecule has 4 aromatic rings. The molecule has 0 aliphatic rings. The Bertz CT molecular complexity index is 1070. The predicted molar refractivity (Wildman–Crippen MR) is 97.7 cm³/mol. The lowest BCUT2D eigenvalue weighted by Crippen LogP contribution is -2.20. The zero-order valence-corrected chi connectivity index (χ0v) is 13.9. The van der Waals surface area contributed by atoms with Gasteiger partial charge in [0.1, 0.15) is 5.82 Å². The van der Waals surface area contributed by atoms with Crippen LogP contribution in [0.3, 0.4) is 0 Å². The number of aliphatic hydroxyl groups excluding tert-OH is 1. The maximum atomic E-state index is 12.4. The summed E-state index contributed by atoms with van der Waals surface area (Å²) in [7, 11) is 0. The molecule has 0 fully saturated rings. The zero-order chi connectivity index (χ0) is 17.2. The van der Waals surface area contributed by atoms with Gasteiger partial charge in [0.05, 0.1) is 28.6 Å². The van der Waals surface area contributed by atoms with Crippen LogP contribution in [0.25, 0.3) is 22.1 Å². The van der Waals surface area contributed by atoms with Crippen molar-refractivity contribution < 1.29 is 5.11 Å². The number of aromatic nitrogens is 4. The van der Waals surface area contributed by atoms with E-state index in [9.17, 15) is 4.79 Å². The molecule has 2 N–H and O–H groups in total. The van der Waals surface area contributed by atoms with E-state index in [4.69, 9.17) is 10.1 Å².